The molecular formula is C56H98O8. The highest BCUT2D eigenvalue weighted by Crippen LogP contribution is 2.26. The third kappa shape index (κ3) is 34.4. The Kier molecular flexibility index (Phi) is 40.6. The van der Waals surface area contributed by atoms with Gasteiger partial charge in [-0.25, -0.2) is 9.59 Å². The summed E-state index contributed by atoms with van der Waals surface area (Å²) in [5.74, 6) is -2.39. The van der Waals surface area contributed by atoms with Crippen molar-refractivity contribution in [1.82, 2.24) is 0 Å². The van der Waals surface area contributed by atoms with Crippen LogP contribution in [0.4, 0.5) is 0 Å². The molecule has 0 heterocycles. The number of hydrogen-bond donors (Lipinski definition) is 2. The molecule has 0 unspecified atom stereocenters. The van der Waals surface area contributed by atoms with E-state index in [1.165, 1.54) is 192 Å². The number of benzene rings is 1. The van der Waals surface area contributed by atoms with Gasteiger partial charge in [-0.1, -0.05) is 224 Å². The number of carboxylic acid groups (broad SMARTS) is 2. The fourth-order valence-electron chi connectivity index (χ4n) is 9.27. The molecule has 0 radical (unpaired) electrons. The molecule has 8 heteroatoms. The zero-order valence-electron chi connectivity index (χ0n) is 41.6. The number of ether oxygens (including phenoxy) is 2. The van der Waals surface area contributed by atoms with E-state index in [0.717, 1.165) is 75.3 Å². The lowest BCUT2D eigenvalue weighted by molar-refractivity contribution is -0.144. The highest BCUT2D eigenvalue weighted by molar-refractivity contribution is 6.03. The number of hydrogen-bond acceptors (Lipinski definition) is 6. The first-order valence-corrected chi connectivity index (χ1v) is 27.2. The van der Waals surface area contributed by atoms with Crippen molar-refractivity contribution in [3.05, 3.63) is 34.4 Å². The zero-order valence-corrected chi connectivity index (χ0v) is 41.6. The van der Waals surface area contributed by atoms with Crippen molar-refractivity contribution in [2.45, 2.75) is 284 Å². The molecule has 0 fully saturated rings. The smallest absolute Gasteiger partial charge is 0.336 e. The van der Waals surface area contributed by atoms with Crippen molar-refractivity contribution in [3.8, 4) is 0 Å². The van der Waals surface area contributed by atoms with Gasteiger partial charge in [-0.3, -0.25) is 9.59 Å². The van der Waals surface area contributed by atoms with Gasteiger partial charge >= 0.3 is 23.9 Å². The lowest BCUT2D eigenvalue weighted by atomic mass is 9.89. The lowest BCUT2D eigenvalue weighted by Gasteiger charge is -2.15. The van der Waals surface area contributed by atoms with E-state index in [-0.39, 0.29) is 23.1 Å². The van der Waals surface area contributed by atoms with E-state index in [9.17, 15) is 29.4 Å². The molecule has 0 aromatic heterocycles. The van der Waals surface area contributed by atoms with E-state index in [1.54, 1.807) is 0 Å². The van der Waals surface area contributed by atoms with Crippen LogP contribution in [0.1, 0.15) is 303 Å². The molecule has 0 aliphatic rings. The Morgan fingerprint density at radius 3 is 0.891 bits per heavy atom. The van der Waals surface area contributed by atoms with Crippen LogP contribution in [0.3, 0.4) is 0 Å². The van der Waals surface area contributed by atoms with E-state index in [0.29, 0.717) is 32.5 Å². The van der Waals surface area contributed by atoms with Crippen LogP contribution in [0, 0.1) is 0 Å². The Morgan fingerprint density at radius 2 is 0.625 bits per heavy atom. The summed E-state index contributed by atoms with van der Waals surface area (Å²) >= 11 is 0. The van der Waals surface area contributed by atoms with Gasteiger partial charge in [0.25, 0.3) is 0 Å². The van der Waals surface area contributed by atoms with Crippen LogP contribution in [-0.2, 0) is 31.9 Å². The average molecular weight is 899 g/mol. The number of carbonyl (C=O) groups is 4. The number of esters is 2. The van der Waals surface area contributed by atoms with E-state index in [1.807, 2.05) is 19.9 Å². The molecule has 64 heavy (non-hydrogen) atoms. The molecule has 0 amide bonds. The quantitative estimate of drug-likeness (QED) is 0.0489. The molecular weight excluding hydrogens is 801 g/mol. The maximum Gasteiger partial charge on any atom is 0.336 e. The summed E-state index contributed by atoms with van der Waals surface area (Å²) in [5.41, 5.74) is 1.70. The Labute approximate surface area is 392 Å². The van der Waals surface area contributed by atoms with Crippen LogP contribution in [-0.4, -0.2) is 47.3 Å². The number of carboxylic acids is 2. The molecule has 370 valence electrons. The predicted molar refractivity (Wildman–Crippen MR) is 266 cm³/mol. The van der Waals surface area contributed by atoms with Gasteiger partial charge in [0.2, 0.25) is 0 Å². The number of rotatable bonds is 48. The van der Waals surface area contributed by atoms with E-state index >= 15 is 0 Å². The van der Waals surface area contributed by atoms with Gasteiger partial charge in [-0.05, 0) is 69.6 Å². The lowest BCUT2D eigenvalue weighted by Crippen LogP contribution is -2.14. The average Bonchev–Trinajstić information content (AvgIpc) is 3.27. The molecule has 8 nitrogen and oxygen atoms in total. The summed E-state index contributed by atoms with van der Waals surface area (Å²) in [7, 11) is 0. The third-order valence-electron chi connectivity index (χ3n) is 13.1. The Balaban J connectivity index is 2.09. The van der Waals surface area contributed by atoms with Gasteiger partial charge in [-0.15, -0.1) is 0 Å². The number of unbranched alkanes of at least 4 members (excludes halogenated alkanes) is 36. The Morgan fingerprint density at radius 1 is 0.359 bits per heavy atom. The molecule has 0 bridgehead atoms. The largest absolute Gasteiger partial charge is 0.478 e. The molecule has 0 spiro atoms. The second kappa shape index (κ2) is 44.0. The van der Waals surface area contributed by atoms with Crippen molar-refractivity contribution >= 4 is 23.9 Å². The van der Waals surface area contributed by atoms with Crippen molar-refractivity contribution in [2.75, 3.05) is 13.2 Å². The predicted octanol–water partition coefficient (Wildman–Crippen LogP) is 16.9. The van der Waals surface area contributed by atoms with Gasteiger partial charge in [0.1, 0.15) is 0 Å². The van der Waals surface area contributed by atoms with Crippen molar-refractivity contribution in [3.63, 3.8) is 0 Å². The molecule has 0 aliphatic heterocycles. The molecule has 2 N–H and O–H groups in total. The SMILES string of the molecule is CCOC(=O)CCCCCCCCCCCCCCCCCCCCCc1ccc(C(=O)O)c(C(=O)O)c1CCCCCCCCCCCCCCCCCCCCCC(=O)OCC. The molecule has 1 aromatic rings. The van der Waals surface area contributed by atoms with Crippen LogP contribution in [0.5, 0.6) is 0 Å². The van der Waals surface area contributed by atoms with Crippen LogP contribution in [0.15, 0.2) is 12.1 Å². The summed E-state index contributed by atoms with van der Waals surface area (Å²) in [6.45, 7) is 4.68. The highest BCUT2D eigenvalue weighted by Gasteiger charge is 2.22. The van der Waals surface area contributed by atoms with Crippen molar-refractivity contribution in [2.24, 2.45) is 0 Å². The molecule has 1 aromatic carbocycles. The maximum atomic E-state index is 12.3. The molecule has 0 saturated carbocycles. The second-order valence-corrected chi connectivity index (χ2v) is 18.8. The van der Waals surface area contributed by atoms with Crippen LogP contribution in [0.2, 0.25) is 0 Å². The topological polar surface area (TPSA) is 127 Å². The van der Waals surface area contributed by atoms with Gasteiger partial charge < -0.3 is 19.7 Å². The monoisotopic (exact) mass is 899 g/mol. The van der Waals surface area contributed by atoms with Gasteiger partial charge in [0, 0.05) is 12.8 Å². The molecule has 0 saturated heterocycles. The van der Waals surface area contributed by atoms with Gasteiger partial charge in [0.05, 0.1) is 24.3 Å². The van der Waals surface area contributed by atoms with Crippen molar-refractivity contribution in [1.29, 1.82) is 0 Å². The third-order valence-corrected chi connectivity index (χ3v) is 13.1. The van der Waals surface area contributed by atoms with E-state index < -0.39 is 11.9 Å². The molecule has 0 atom stereocenters. The fraction of sp³-hybridized carbons (Fsp3) is 0.821. The van der Waals surface area contributed by atoms with Crippen molar-refractivity contribution < 1.29 is 38.9 Å². The minimum Gasteiger partial charge on any atom is -0.478 e. The normalized spacial score (nSPS) is 11.3. The first-order valence-electron chi connectivity index (χ1n) is 27.2. The maximum absolute atomic E-state index is 12.3. The van der Waals surface area contributed by atoms with Gasteiger partial charge in [-0.2, -0.15) is 0 Å². The summed E-state index contributed by atoms with van der Waals surface area (Å²) in [6.07, 6.45) is 50.1. The Hall–Kier alpha value is -2.90. The summed E-state index contributed by atoms with van der Waals surface area (Å²) in [5, 5.41) is 19.9. The second-order valence-electron chi connectivity index (χ2n) is 18.8. The van der Waals surface area contributed by atoms with Crippen LogP contribution < -0.4 is 0 Å². The number of aromatic carboxylic acids is 2. The standard InChI is InChI=1S/C56H98O8/c1-3-63-52(57)45-41-37-33-29-25-21-17-13-9-5-7-11-15-19-23-27-31-35-39-43-49-47-48-51(55(59)60)54(56(61)62)50(49)44-40-36-32-28-24-20-16-12-8-6-10-14-18-22-26-30-34-38-42-46-53(58)64-4-2/h47-48H,3-46H2,1-2H3,(H,59,60)(H,61,62). The van der Waals surface area contributed by atoms with Crippen LogP contribution >= 0.6 is 0 Å². The van der Waals surface area contributed by atoms with Gasteiger partial charge in [0.15, 0.2) is 0 Å². The number of aryl methyl sites for hydroxylation is 1. The first kappa shape index (κ1) is 59.1. The fourth-order valence-corrected chi connectivity index (χ4v) is 9.27. The highest BCUT2D eigenvalue weighted by atomic mass is 16.5. The first-order chi connectivity index (χ1) is 31.3. The van der Waals surface area contributed by atoms with Crippen LogP contribution in [0.25, 0.3) is 0 Å². The molecule has 0 aliphatic carbocycles. The minimum absolute atomic E-state index is 0.00731. The number of carbonyl (C=O) groups excluding carboxylic acids is 2. The zero-order chi connectivity index (χ0) is 46.6. The summed E-state index contributed by atoms with van der Waals surface area (Å²) in [4.78, 5) is 47.1. The minimum atomic E-state index is -1.16. The molecule has 1 rings (SSSR count). The Bertz CT molecular complexity index is 1290. The summed E-state index contributed by atoms with van der Waals surface area (Å²) < 4.78 is 9.97. The summed E-state index contributed by atoms with van der Waals surface area (Å²) in [6, 6.07) is 3.39. The van der Waals surface area contributed by atoms with E-state index in [4.69, 9.17) is 9.47 Å². The van der Waals surface area contributed by atoms with E-state index in [2.05, 4.69) is 0 Å².